The molecule has 4 nitrogen and oxygen atoms in total. The van der Waals surface area contributed by atoms with Gasteiger partial charge in [-0.25, -0.2) is 4.39 Å². The number of anilines is 1. The lowest BCUT2D eigenvalue weighted by Crippen LogP contribution is -2.53. The smallest absolute Gasteiger partial charge is 0.123 e. The van der Waals surface area contributed by atoms with Crippen molar-refractivity contribution in [3.8, 4) is 6.07 Å². The van der Waals surface area contributed by atoms with Gasteiger partial charge in [-0.05, 0) is 61.2 Å². The van der Waals surface area contributed by atoms with Crippen LogP contribution in [0.15, 0.2) is 48.5 Å². The first-order valence-electron chi connectivity index (χ1n) is 10.2. The molecule has 2 heterocycles. The summed E-state index contributed by atoms with van der Waals surface area (Å²) in [5.41, 5.74) is 2.97. The van der Waals surface area contributed by atoms with Crippen LogP contribution in [0.5, 0.6) is 0 Å². The molecule has 2 aromatic carbocycles. The van der Waals surface area contributed by atoms with E-state index in [0.29, 0.717) is 17.6 Å². The molecule has 2 unspecified atom stereocenters. The molecule has 2 bridgehead atoms. The predicted molar refractivity (Wildman–Crippen MR) is 109 cm³/mol. The Hall–Kier alpha value is -2.42. The van der Waals surface area contributed by atoms with Gasteiger partial charge in [0.2, 0.25) is 0 Å². The molecule has 28 heavy (non-hydrogen) atoms. The van der Waals surface area contributed by atoms with Gasteiger partial charge in [0.1, 0.15) is 5.82 Å². The lowest BCUT2D eigenvalue weighted by Gasteiger charge is -2.41. The summed E-state index contributed by atoms with van der Waals surface area (Å²) in [5, 5.41) is 12.3. The maximum absolute atomic E-state index is 13.1. The topological polar surface area (TPSA) is 42.3 Å². The van der Waals surface area contributed by atoms with Crippen molar-refractivity contribution in [3.63, 3.8) is 0 Å². The summed E-state index contributed by atoms with van der Waals surface area (Å²) in [7, 11) is 0. The summed E-state index contributed by atoms with van der Waals surface area (Å²) in [4.78, 5) is 5.22. The normalized spacial score (nSPS) is 22.1. The van der Waals surface area contributed by atoms with Crippen molar-refractivity contribution >= 4 is 5.69 Å². The molecule has 2 aliphatic heterocycles. The van der Waals surface area contributed by atoms with Gasteiger partial charge in [0.25, 0.3) is 0 Å². The molecule has 2 fully saturated rings. The highest BCUT2D eigenvalue weighted by Gasteiger charge is 2.39. The van der Waals surface area contributed by atoms with Crippen molar-refractivity contribution in [1.29, 1.82) is 5.26 Å². The van der Waals surface area contributed by atoms with Gasteiger partial charge in [-0.15, -0.1) is 0 Å². The molecule has 0 spiro atoms. The van der Waals surface area contributed by atoms with Crippen LogP contribution < -0.4 is 5.32 Å². The van der Waals surface area contributed by atoms with E-state index >= 15 is 0 Å². The first-order chi connectivity index (χ1) is 13.7. The lowest BCUT2D eigenvalue weighted by atomic mass is 10.1. The van der Waals surface area contributed by atoms with Gasteiger partial charge in [0.05, 0.1) is 11.6 Å². The van der Waals surface area contributed by atoms with Crippen LogP contribution in [-0.2, 0) is 6.54 Å². The molecule has 2 saturated heterocycles. The molecule has 0 aliphatic carbocycles. The standard InChI is InChI=1S/C23H27FN4/c24-20-6-2-19(3-7-20)15-27-16-22-10-11-23(17-27)28(22)13-1-12-26-21-8-4-18(14-25)5-9-21/h2-9,22-23,26H,1,10-13,15-17H2. The quantitative estimate of drug-likeness (QED) is 0.743. The van der Waals surface area contributed by atoms with Gasteiger partial charge < -0.3 is 5.32 Å². The zero-order valence-corrected chi connectivity index (χ0v) is 16.1. The van der Waals surface area contributed by atoms with Crippen molar-refractivity contribution in [2.45, 2.75) is 37.9 Å². The van der Waals surface area contributed by atoms with E-state index in [1.54, 1.807) is 12.1 Å². The van der Waals surface area contributed by atoms with Crippen LogP contribution in [0.3, 0.4) is 0 Å². The van der Waals surface area contributed by atoms with E-state index in [0.717, 1.165) is 44.8 Å². The summed E-state index contributed by atoms with van der Waals surface area (Å²) >= 11 is 0. The first kappa shape index (κ1) is 18.9. The van der Waals surface area contributed by atoms with Crippen molar-refractivity contribution < 1.29 is 4.39 Å². The number of nitrogens with zero attached hydrogens (tertiary/aromatic N) is 3. The second kappa shape index (κ2) is 8.72. The summed E-state index contributed by atoms with van der Waals surface area (Å²) in [6, 6.07) is 18.0. The number of piperazine rings is 1. The molecule has 0 aromatic heterocycles. The van der Waals surface area contributed by atoms with Gasteiger partial charge in [0.15, 0.2) is 0 Å². The molecule has 2 atom stereocenters. The van der Waals surface area contributed by atoms with Crippen LogP contribution in [0, 0.1) is 17.1 Å². The summed E-state index contributed by atoms with van der Waals surface area (Å²) < 4.78 is 13.1. The van der Waals surface area contributed by atoms with Crippen LogP contribution in [-0.4, -0.2) is 48.1 Å². The number of fused-ring (bicyclic) bond motifs is 2. The largest absolute Gasteiger partial charge is 0.385 e. The number of halogens is 1. The summed E-state index contributed by atoms with van der Waals surface area (Å²) in [6.45, 7) is 5.21. The lowest BCUT2D eigenvalue weighted by molar-refractivity contribution is 0.0624. The predicted octanol–water partition coefficient (Wildman–Crippen LogP) is 3.85. The fourth-order valence-electron chi connectivity index (χ4n) is 4.58. The monoisotopic (exact) mass is 378 g/mol. The Labute approximate surface area is 166 Å². The minimum Gasteiger partial charge on any atom is -0.385 e. The van der Waals surface area contributed by atoms with Crippen LogP contribution >= 0.6 is 0 Å². The Morgan fingerprint density at radius 2 is 1.68 bits per heavy atom. The molecule has 0 amide bonds. The van der Waals surface area contributed by atoms with E-state index in [1.165, 1.54) is 18.4 Å². The van der Waals surface area contributed by atoms with E-state index in [9.17, 15) is 4.39 Å². The molecule has 146 valence electrons. The zero-order valence-electron chi connectivity index (χ0n) is 16.1. The Morgan fingerprint density at radius 1 is 1.00 bits per heavy atom. The molecule has 0 radical (unpaired) electrons. The van der Waals surface area contributed by atoms with Crippen molar-refractivity contribution in [2.24, 2.45) is 0 Å². The highest BCUT2D eigenvalue weighted by Crippen LogP contribution is 2.31. The second-order valence-corrected chi connectivity index (χ2v) is 7.91. The highest BCUT2D eigenvalue weighted by molar-refractivity contribution is 5.47. The number of likely N-dealkylation sites (tertiary alicyclic amines) is 1. The SMILES string of the molecule is N#Cc1ccc(NCCCN2C3CCC2CN(Cc2ccc(F)cc2)C3)cc1. The van der Waals surface area contributed by atoms with Gasteiger partial charge >= 0.3 is 0 Å². The second-order valence-electron chi connectivity index (χ2n) is 7.91. The van der Waals surface area contributed by atoms with E-state index in [4.69, 9.17) is 5.26 Å². The Bertz CT molecular complexity index is 798. The number of rotatable bonds is 7. The molecular weight excluding hydrogens is 351 g/mol. The van der Waals surface area contributed by atoms with Gasteiger partial charge in [-0.2, -0.15) is 5.26 Å². The van der Waals surface area contributed by atoms with Crippen molar-refractivity contribution in [1.82, 2.24) is 9.80 Å². The van der Waals surface area contributed by atoms with Crippen molar-refractivity contribution in [3.05, 3.63) is 65.5 Å². The number of benzene rings is 2. The number of hydrogen-bond acceptors (Lipinski definition) is 4. The Kier molecular flexibility index (Phi) is 5.90. The fourth-order valence-corrected chi connectivity index (χ4v) is 4.58. The molecule has 1 N–H and O–H groups in total. The average Bonchev–Trinajstić information content (AvgIpc) is 2.95. The van der Waals surface area contributed by atoms with Crippen LogP contribution in [0.2, 0.25) is 0 Å². The zero-order chi connectivity index (χ0) is 19.3. The third-order valence-electron chi connectivity index (χ3n) is 5.96. The summed E-state index contributed by atoms with van der Waals surface area (Å²) in [5.74, 6) is -0.164. The molecule has 5 heteroatoms. The minimum absolute atomic E-state index is 0.164. The van der Waals surface area contributed by atoms with Crippen molar-refractivity contribution in [2.75, 3.05) is 31.5 Å². The van der Waals surface area contributed by atoms with Gasteiger partial charge in [-0.3, -0.25) is 9.80 Å². The Balaban J connectivity index is 1.22. The van der Waals surface area contributed by atoms with E-state index in [2.05, 4.69) is 21.2 Å². The molecule has 0 saturated carbocycles. The maximum Gasteiger partial charge on any atom is 0.123 e. The fraction of sp³-hybridized carbons (Fsp3) is 0.435. The number of nitrogens with one attached hydrogen (secondary N) is 1. The Morgan fingerprint density at radius 3 is 2.32 bits per heavy atom. The average molecular weight is 378 g/mol. The maximum atomic E-state index is 13.1. The van der Waals surface area contributed by atoms with Gasteiger partial charge in [0, 0.05) is 50.5 Å². The molecule has 4 rings (SSSR count). The summed E-state index contributed by atoms with van der Waals surface area (Å²) in [6.07, 6.45) is 3.69. The minimum atomic E-state index is -0.164. The van der Waals surface area contributed by atoms with E-state index in [1.807, 2.05) is 36.4 Å². The molecule has 2 aliphatic rings. The van der Waals surface area contributed by atoms with E-state index in [-0.39, 0.29) is 5.82 Å². The van der Waals surface area contributed by atoms with Crippen LogP contribution in [0.25, 0.3) is 0 Å². The third kappa shape index (κ3) is 4.52. The molecule has 2 aromatic rings. The number of hydrogen-bond donors (Lipinski definition) is 1. The van der Waals surface area contributed by atoms with Crippen LogP contribution in [0.4, 0.5) is 10.1 Å². The van der Waals surface area contributed by atoms with Crippen LogP contribution in [0.1, 0.15) is 30.4 Å². The highest BCUT2D eigenvalue weighted by atomic mass is 19.1. The van der Waals surface area contributed by atoms with Gasteiger partial charge in [-0.1, -0.05) is 12.1 Å². The molecular formula is C23H27FN4. The van der Waals surface area contributed by atoms with E-state index < -0.39 is 0 Å². The first-order valence-corrected chi connectivity index (χ1v) is 10.2. The third-order valence-corrected chi connectivity index (χ3v) is 5.96. The number of nitriles is 1.